The van der Waals surface area contributed by atoms with E-state index < -0.39 is 0 Å². The molecule has 0 unspecified atom stereocenters. The Labute approximate surface area is 181 Å². The van der Waals surface area contributed by atoms with Crippen LogP contribution in [0.25, 0.3) is 11.7 Å². The van der Waals surface area contributed by atoms with E-state index in [0.29, 0.717) is 37.8 Å². The van der Waals surface area contributed by atoms with Gasteiger partial charge in [-0.2, -0.15) is 10.2 Å². The Bertz CT molecular complexity index is 946. The SMILES string of the molecule is CN(CC(=O)NC(C)(C)C)C(=O)CN1CCN(c2oc(-c3ccco3)nc2C#N)CC1. The topological polar surface area (TPSA) is 119 Å². The molecular formula is C21H28N6O4. The van der Waals surface area contributed by atoms with Crippen LogP contribution in [0.3, 0.4) is 0 Å². The summed E-state index contributed by atoms with van der Waals surface area (Å²) < 4.78 is 11.1. The molecule has 2 aromatic rings. The van der Waals surface area contributed by atoms with Gasteiger partial charge in [0.2, 0.25) is 23.4 Å². The molecule has 1 aliphatic heterocycles. The number of amides is 2. The monoisotopic (exact) mass is 428 g/mol. The van der Waals surface area contributed by atoms with E-state index in [1.54, 1.807) is 19.2 Å². The predicted molar refractivity (Wildman–Crippen MR) is 113 cm³/mol. The number of furan rings is 1. The molecule has 0 aromatic carbocycles. The molecule has 1 fully saturated rings. The van der Waals surface area contributed by atoms with E-state index in [-0.39, 0.29) is 42.0 Å². The summed E-state index contributed by atoms with van der Waals surface area (Å²) in [6.07, 6.45) is 1.52. The molecule has 10 nitrogen and oxygen atoms in total. The second-order valence-corrected chi connectivity index (χ2v) is 8.57. The van der Waals surface area contributed by atoms with E-state index in [9.17, 15) is 14.9 Å². The summed E-state index contributed by atoms with van der Waals surface area (Å²) in [5.41, 5.74) is -0.127. The van der Waals surface area contributed by atoms with Crippen LogP contribution in [0.1, 0.15) is 26.5 Å². The van der Waals surface area contributed by atoms with Crippen molar-refractivity contribution < 1.29 is 18.4 Å². The lowest BCUT2D eigenvalue weighted by atomic mass is 10.1. The number of carbonyl (C=O) groups is 2. The Morgan fingerprint density at radius 3 is 2.58 bits per heavy atom. The van der Waals surface area contributed by atoms with Crippen LogP contribution in [0.15, 0.2) is 27.2 Å². The van der Waals surface area contributed by atoms with E-state index in [4.69, 9.17) is 8.83 Å². The number of nitrogens with one attached hydrogen (secondary N) is 1. The molecule has 2 aromatic heterocycles. The van der Waals surface area contributed by atoms with Gasteiger partial charge in [0.25, 0.3) is 5.89 Å². The van der Waals surface area contributed by atoms with Crippen molar-refractivity contribution in [3.8, 4) is 17.7 Å². The van der Waals surface area contributed by atoms with Gasteiger partial charge in [-0.05, 0) is 32.9 Å². The normalized spacial score (nSPS) is 14.9. The first-order valence-corrected chi connectivity index (χ1v) is 10.1. The smallest absolute Gasteiger partial charge is 0.266 e. The van der Waals surface area contributed by atoms with Crippen molar-refractivity contribution in [2.45, 2.75) is 26.3 Å². The maximum absolute atomic E-state index is 12.5. The van der Waals surface area contributed by atoms with Crippen LogP contribution >= 0.6 is 0 Å². The maximum atomic E-state index is 12.5. The van der Waals surface area contributed by atoms with Gasteiger partial charge in [0.05, 0.1) is 19.4 Å². The van der Waals surface area contributed by atoms with Crippen LogP contribution in [0.4, 0.5) is 5.88 Å². The number of nitrogens with zero attached hydrogens (tertiary/aromatic N) is 5. The van der Waals surface area contributed by atoms with Crippen molar-refractivity contribution in [2.24, 2.45) is 0 Å². The zero-order chi connectivity index (χ0) is 22.6. The third kappa shape index (κ3) is 5.86. The number of carbonyl (C=O) groups excluding carboxylic acids is 2. The maximum Gasteiger partial charge on any atom is 0.266 e. The molecule has 3 rings (SSSR count). The average Bonchev–Trinajstić information content (AvgIpc) is 3.36. The highest BCUT2D eigenvalue weighted by Crippen LogP contribution is 2.29. The largest absolute Gasteiger partial charge is 0.459 e. The second kappa shape index (κ2) is 9.22. The molecule has 31 heavy (non-hydrogen) atoms. The van der Waals surface area contributed by atoms with Crippen LogP contribution in [-0.2, 0) is 9.59 Å². The summed E-state index contributed by atoms with van der Waals surface area (Å²) in [4.78, 5) is 34.2. The molecule has 0 aliphatic carbocycles. The molecule has 0 bridgehead atoms. The molecule has 166 valence electrons. The summed E-state index contributed by atoms with van der Waals surface area (Å²) in [7, 11) is 1.63. The van der Waals surface area contributed by atoms with Gasteiger partial charge < -0.3 is 24.0 Å². The van der Waals surface area contributed by atoms with E-state index in [2.05, 4.69) is 16.4 Å². The number of anilines is 1. The molecule has 1 aliphatic rings. The van der Waals surface area contributed by atoms with Crippen molar-refractivity contribution in [3.63, 3.8) is 0 Å². The standard InChI is InChI=1S/C21H28N6O4/c1-21(2,3)24-17(28)13-25(4)18(29)14-26-7-9-27(10-8-26)20-15(12-22)23-19(31-20)16-6-5-11-30-16/h5-6,11H,7-10,13-14H2,1-4H3,(H,24,28). The Balaban J connectivity index is 1.52. The highest BCUT2D eigenvalue weighted by molar-refractivity contribution is 5.85. The molecule has 3 heterocycles. The third-order valence-electron chi connectivity index (χ3n) is 4.79. The van der Waals surface area contributed by atoms with Crippen molar-refractivity contribution in [1.29, 1.82) is 5.26 Å². The van der Waals surface area contributed by atoms with Crippen LogP contribution in [0, 0.1) is 11.3 Å². The van der Waals surface area contributed by atoms with E-state index in [0.717, 1.165) is 0 Å². The van der Waals surface area contributed by atoms with E-state index in [1.807, 2.05) is 30.6 Å². The minimum atomic E-state index is -0.336. The quantitative estimate of drug-likeness (QED) is 0.731. The summed E-state index contributed by atoms with van der Waals surface area (Å²) in [6.45, 7) is 8.36. The lowest BCUT2D eigenvalue weighted by molar-refractivity contribution is -0.136. The number of hydrogen-bond donors (Lipinski definition) is 1. The Morgan fingerprint density at radius 2 is 2.00 bits per heavy atom. The van der Waals surface area contributed by atoms with Gasteiger partial charge in [-0.3, -0.25) is 14.5 Å². The van der Waals surface area contributed by atoms with Gasteiger partial charge in [0.1, 0.15) is 6.07 Å². The van der Waals surface area contributed by atoms with Crippen molar-refractivity contribution in [1.82, 2.24) is 20.1 Å². The summed E-state index contributed by atoms with van der Waals surface area (Å²) in [6, 6.07) is 5.52. The lowest BCUT2D eigenvalue weighted by Crippen LogP contribution is -2.51. The Morgan fingerprint density at radius 1 is 1.29 bits per heavy atom. The minimum Gasteiger partial charge on any atom is -0.459 e. The highest BCUT2D eigenvalue weighted by atomic mass is 16.4. The van der Waals surface area contributed by atoms with Crippen LogP contribution in [0.5, 0.6) is 0 Å². The lowest BCUT2D eigenvalue weighted by Gasteiger charge is -2.34. The van der Waals surface area contributed by atoms with Gasteiger partial charge >= 0.3 is 0 Å². The first-order chi connectivity index (χ1) is 14.7. The average molecular weight is 428 g/mol. The molecule has 1 N–H and O–H groups in total. The molecule has 0 saturated carbocycles. The molecule has 10 heteroatoms. The number of rotatable bonds is 6. The highest BCUT2D eigenvalue weighted by Gasteiger charge is 2.27. The van der Waals surface area contributed by atoms with Gasteiger partial charge in [-0.1, -0.05) is 0 Å². The van der Waals surface area contributed by atoms with Crippen molar-refractivity contribution >= 4 is 17.7 Å². The third-order valence-corrected chi connectivity index (χ3v) is 4.79. The van der Waals surface area contributed by atoms with Gasteiger partial charge in [-0.15, -0.1) is 0 Å². The predicted octanol–water partition coefficient (Wildman–Crippen LogP) is 1.30. The van der Waals surface area contributed by atoms with Gasteiger partial charge in [0, 0.05) is 38.8 Å². The first-order valence-electron chi connectivity index (χ1n) is 10.1. The summed E-state index contributed by atoms with van der Waals surface area (Å²) in [5.74, 6) is 0.843. The molecule has 1 saturated heterocycles. The number of nitriles is 1. The fourth-order valence-corrected chi connectivity index (χ4v) is 3.29. The fourth-order valence-electron chi connectivity index (χ4n) is 3.29. The fraction of sp³-hybridized carbons (Fsp3) is 0.524. The zero-order valence-electron chi connectivity index (χ0n) is 18.3. The zero-order valence-corrected chi connectivity index (χ0v) is 18.3. The summed E-state index contributed by atoms with van der Waals surface area (Å²) >= 11 is 0. The molecule has 0 spiro atoms. The van der Waals surface area contributed by atoms with Crippen LogP contribution in [-0.4, -0.2) is 78.5 Å². The molecular weight excluding hydrogens is 400 g/mol. The molecule has 2 amide bonds. The van der Waals surface area contributed by atoms with E-state index >= 15 is 0 Å². The first kappa shape index (κ1) is 22.4. The Hall–Kier alpha value is -3.32. The number of hydrogen-bond acceptors (Lipinski definition) is 8. The van der Waals surface area contributed by atoms with Crippen LogP contribution in [0.2, 0.25) is 0 Å². The number of oxazole rings is 1. The van der Waals surface area contributed by atoms with Crippen molar-refractivity contribution in [2.75, 3.05) is 51.2 Å². The number of piperazine rings is 1. The number of likely N-dealkylation sites (N-methyl/N-ethyl adjacent to an activating group) is 1. The van der Waals surface area contributed by atoms with Gasteiger partial charge in [0.15, 0.2) is 5.76 Å². The Kier molecular flexibility index (Phi) is 6.65. The summed E-state index contributed by atoms with van der Waals surface area (Å²) in [5, 5.41) is 12.3. The van der Waals surface area contributed by atoms with E-state index in [1.165, 1.54) is 11.2 Å². The van der Waals surface area contributed by atoms with Gasteiger partial charge in [-0.25, -0.2) is 0 Å². The van der Waals surface area contributed by atoms with Crippen molar-refractivity contribution in [3.05, 3.63) is 24.1 Å². The minimum absolute atomic E-state index is 0.0230. The molecule has 0 atom stereocenters. The molecule has 0 radical (unpaired) electrons. The second-order valence-electron chi connectivity index (χ2n) is 8.57. The number of aromatic nitrogens is 1. The van der Waals surface area contributed by atoms with Crippen LogP contribution < -0.4 is 10.2 Å².